The standard InChI is InChI=1S/C14H23NO/c1-4-5-6-7-9-12(2)13-10-8-11-14(15-13)16-3/h8,10-12H,4-7,9H2,1-3H3. The van der Waals surface area contributed by atoms with Gasteiger partial charge in [-0.3, -0.25) is 0 Å². The number of hydrogen-bond donors (Lipinski definition) is 0. The van der Waals surface area contributed by atoms with E-state index in [-0.39, 0.29) is 0 Å². The molecule has 1 unspecified atom stereocenters. The predicted molar refractivity (Wildman–Crippen MR) is 68.0 cm³/mol. The Kier molecular flexibility index (Phi) is 5.91. The fraction of sp³-hybridized carbons (Fsp3) is 0.643. The summed E-state index contributed by atoms with van der Waals surface area (Å²) in [5.41, 5.74) is 1.15. The molecule has 1 atom stereocenters. The summed E-state index contributed by atoms with van der Waals surface area (Å²) in [7, 11) is 1.66. The van der Waals surface area contributed by atoms with E-state index >= 15 is 0 Å². The second kappa shape index (κ2) is 7.26. The lowest BCUT2D eigenvalue weighted by Gasteiger charge is -2.11. The lowest BCUT2D eigenvalue weighted by atomic mass is 9.99. The zero-order valence-electron chi connectivity index (χ0n) is 10.7. The molecule has 90 valence electrons. The van der Waals surface area contributed by atoms with Crippen LogP contribution in [0.1, 0.15) is 57.6 Å². The largest absolute Gasteiger partial charge is 0.481 e. The van der Waals surface area contributed by atoms with Gasteiger partial charge in [0.05, 0.1) is 7.11 Å². The zero-order valence-corrected chi connectivity index (χ0v) is 10.7. The van der Waals surface area contributed by atoms with Crippen LogP contribution in [0.25, 0.3) is 0 Å². The SMILES string of the molecule is CCCCCCC(C)c1cccc(OC)n1. The highest BCUT2D eigenvalue weighted by Gasteiger charge is 2.07. The minimum Gasteiger partial charge on any atom is -0.481 e. The average molecular weight is 221 g/mol. The third-order valence-corrected chi connectivity index (χ3v) is 2.95. The van der Waals surface area contributed by atoms with Gasteiger partial charge < -0.3 is 4.74 Å². The molecule has 0 fully saturated rings. The summed E-state index contributed by atoms with van der Waals surface area (Å²) in [6.07, 6.45) is 6.50. The Labute approximate surface area is 99.0 Å². The second-order valence-electron chi connectivity index (χ2n) is 4.36. The van der Waals surface area contributed by atoms with E-state index in [1.807, 2.05) is 12.1 Å². The van der Waals surface area contributed by atoms with Crippen LogP contribution in [0.5, 0.6) is 5.88 Å². The molecule has 1 aromatic heterocycles. The summed E-state index contributed by atoms with van der Waals surface area (Å²) >= 11 is 0. The Hall–Kier alpha value is -1.05. The molecule has 0 saturated heterocycles. The van der Waals surface area contributed by atoms with E-state index in [1.54, 1.807) is 7.11 Å². The van der Waals surface area contributed by atoms with Crippen molar-refractivity contribution in [3.8, 4) is 5.88 Å². The lowest BCUT2D eigenvalue weighted by Crippen LogP contribution is -1.98. The van der Waals surface area contributed by atoms with Crippen LogP contribution in [0, 0.1) is 0 Å². The van der Waals surface area contributed by atoms with Crippen molar-refractivity contribution in [3.05, 3.63) is 23.9 Å². The highest BCUT2D eigenvalue weighted by molar-refractivity contribution is 5.18. The minimum absolute atomic E-state index is 0.534. The summed E-state index contributed by atoms with van der Waals surface area (Å²) in [6.45, 7) is 4.49. The number of ether oxygens (including phenoxy) is 1. The molecule has 0 amide bonds. The quantitative estimate of drug-likeness (QED) is 0.645. The van der Waals surface area contributed by atoms with E-state index in [0.29, 0.717) is 5.92 Å². The molecule has 0 aliphatic rings. The zero-order chi connectivity index (χ0) is 11.8. The van der Waals surface area contributed by atoms with Gasteiger partial charge in [0.2, 0.25) is 5.88 Å². The first-order valence-electron chi connectivity index (χ1n) is 6.28. The summed E-state index contributed by atoms with van der Waals surface area (Å²) < 4.78 is 5.14. The van der Waals surface area contributed by atoms with Gasteiger partial charge in [-0.05, 0) is 18.4 Å². The first-order valence-corrected chi connectivity index (χ1v) is 6.28. The van der Waals surface area contributed by atoms with Crippen molar-refractivity contribution in [2.75, 3.05) is 7.11 Å². The second-order valence-corrected chi connectivity index (χ2v) is 4.36. The molecule has 0 aliphatic heterocycles. The van der Waals surface area contributed by atoms with Crippen molar-refractivity contribution in [1.82, 2.24) is 4.98 Å². The van der Waals surface area contributed by atoms with Crippen LogP contribution in [0.15, 0.2) is 18.2 Å². The number of hydrogen-bond acceptors (Lipinski definition) is 2. The van der Waals surface area contributed by atoms with Crippen molar-refractivity contribution >= 4 is 0 Å². The summed E-state index contributed by atoms with van der Waals surface area (Å²) in [4.78, 5) is 4.47. The topological polar surface area (TPSA) is 22.1 Å². The Morgan fingerprint density at radius 2 is 2.06 bits per heavy atom. The maximum Gasteiger partial charge on any atom is 0.213 e. The van der Waals surface area contributed by atoms with Crippen LogP contribution in [-0.2, 0) is 0 Å². The average Bonchev–Trinajstić information content (AvgIpc) is 2.34. The summed E-state index contributed by atoms with van der Waals surface area (Å²) in [5, 5.41) is 0. The van der Waals surface area contributed by atoms with Crippen molar-refractivity contribution < 1.29 is 4.74 Å². The Morgan fingerprint density at radius 1 is 1.25 bits per heavy atom. The van der Waals surface area contributed by atoms with E-state index < -0.39 is 0 Å². The van der Waals surface area contributed by atoms with E-state index in [9.17, 15) is 0 Å². The maximum atomic E-state index is 5.14. The van der Waals surface area contributed by atoms with Crippen molar-refractivity contribution in [3.63, 3.8) is 0 Å². The fourth-order valence-electron chi connectivity index (χ4n) is 1.84. The smallest absolute Gasteiger partial charge is 0.213 e. The van der Waals surface area contributed by atoms with Crippen LogP contribution in [0.4, 0.5) is 0 Å². The van der Waals surface area contributed by atoms with Gasteiger partial charge in [-0.2, -0.15) is 0 Å². The molecule has 1 aromatic rings. The number of unbranched alkanes of at least 4 members (excludes halogenated alkanes) is 3. The molecule has 0 saturated carbocycles. The first kappa shape index (κ1) is 13.0. The molecule has 2 nitrogen and oxygen atoms in total. The van der Waals surface area contributed by atoms with E-state index in [2.05, 4.69) is 24.9 Å². The van der Waals surface area contributed by atoms with Crippen LogP contribution < -0.4 is 4.74 Å². The van der Waals surface area contributed by atoms with Crippen molar-refractivity contribution in [2.45, 2.75) is 51.9 Å². The molecule has 0 radical (unpaired) electrons. The van der Waals surface area contributed by atoms with Gasteiger partial charge in [0.15, 0.2) is 0 Å². The number of aromatic nitrogens is 1. The van der Waals surface area contributed by atoms with Gasteiger partial charge in [-0.1, -0.05) is 45.6 Å². The van der Waals surface area contributed by atoms with Crippen LogP contribution in [0.3, 0.4) is 0 Å². The Bertz CT molecular complexity index is 299. The van der Waals surface area contributed by atoms with Gasteiger partial charge in [0.1, 0.15) is 0 Å². The number of rotatable bonds is 7. The third-order valence-electron chi connectivity index (χ3n) is 2.95. The van der Waals surface area contributed by atoms with Gasteiger partial charge in [0, 0.05) is 11.8 Å². The van der Waals surface area contributed by atoms with Crippen molar-refractivity contribution in [2.24, 2.45) is 0 Å². The summed E-state index contributed by atoms with van der Waals surface area (Å²) in [6, 6.07) is 6.00. The molecule has 0 bridgehead atoms. The molecule has 16 heavy (non-hydrogen) atoms. The molecule has 1 rings (SSSR count). The molecule has 1 heterocycles. The highest BCUT2D eigenvalue weighted by Crippen LogP contribution is 2.22. The number of nitrogens with zero attached hydrogens (tertiary/aromatic N) is 1. The predicted octanol–water partition coefficient (Wildman–Crippen LogP) is 4.16. The summed E-state index contributed by atoms with van der Waals surface area (Å²) in [5.74, 6) is 1.25. The molecule has 0 spiro atoms. The van der Waals surface area contributed by atoms with Gasteiger partial charge in [0.25, 0.3) is 0 Å². The molecule has 0 N–H and O–H groups in total. The monoisotopic (exact) mass is 221 g/mol. The van der Waals surface area contributed by atoms with Crippen LogP contribution in [0.2, 0.25) is 0 Å². The maximum absolute atomic E-state index is 5.14. The molecule has 2 heteroatoms. The number of pyridine rings is 1. The third kappa shape index (κ3) is 4.21. The van der Waals surface area contributed by atoms with E-state index in [1.165, 1.54) is 32.1 Å². The van der Waals surface area contributed by atoms with E-state index in [4.69, 9.17) is 4.74 Å². The molecule has 0 aliphatic carbocycles. The van der Waals surface area contributed by atoms with Gasteiger partial charge in [-0.15, -0.1) is 0 Å². The van der Waals surface area contributed by atoms with Crippen LogP contribution in [-0.4, -0.2) is 12.1 Å². The fourth-order valence-corrected chi connectivity index (χ4v) is 1.84. The molecular weight excluding hydrogens is 198 g/mol. The van der Waals surface area contributed by atoms with Crippen LogP contribution >= 0.6 is 0 Å². The van der Waals surface area contributed by atoms with E-state index in [0.717, 1.165) is 11.6 Å². The number of methoxy groups -OCH3 is 1. The van der Waals surface area contributed by atoms with Gasteiger partial charge >= 0.3 is 0 Å². The minimum atomic E-state index is 0.534. The highest BCUT2D eigenvalue weighted by atomic mass is 16.5. The Morgan fingerprint density at radius 3 is 2.75 bits per heavy atom. The lowest BCUT2D eigenvalue weighted by molar-refractivity contribution is 0.394. The van der Waals surface area contributed by atoms with Gasteiger partial charge in [-0.25, -0.2) is 4.98 Å². The normalized spacial score (nSPS) is 12.4. The molecular formula is C14H23NO. The molecule has 0 aromatic carbocycles. The Balaban J connectivity index is 2.42. The van der Waals surface area contributed by atoms with Crippen molar-refractivity contribution in [1.29, 1.82) is 0 Å². The first-order chi connectivity index (χ1) is 7.77.